The van der Waals surface area contributed by atoms with Gasteiger partial charge in [0.05, 0.1) is 18.1 Å². The van der Waals surface area contributed by atoms with Crippen LogP contribution < -0.4 is 20.8 Å². The summed E-state index contributed by atoms with van der Waals surface area (Å²) in [5.41, 5.74) is 14.7. The summed E-state index contributed by atoms with van der Waals surface area (Å²) in [5, 5.41) is 6.41. The molecule has 3 aromatic rings. The fourth-order valence-electron chi connectivity index (χ4n) is 5.57. The summed E-state index contributed by atoms with van der Waals surface area (Å²) in [6.45, 7) is 4.22. The molecule has 4 heterocycles. The maximum atomic E-state index is 13.4. The van der Waals surface area contributed by atoms with Gasteiger partial charge in [-0.2, -0.15) is 13.5 Å². The van der Waals surface area contributed by atoms with Crippen LogP contribution >= 0.6 is 11.3 Å². The Morgan fingerprint density at radius 3 is 2.70 bits per heavy atom. The quantitative estimate of drug-likeness (QED) is 0.0788. The van der Waals surface area contributed by atoms with Gasteiger partial charge in [0.25, 0.3) is 5.91 Å². The molecule has 5 N–H and O–H groups in total. The highest BCUT2D eigenvalue weighted by molar-refractivity contribution is 7.80. The molecular formula is C30H37N6O8S2+. The lowest BCUT2D eigenvalue weighted by atomic mass is 9.74. The maximum absolute atomic E-state index is 13.4. The Balaban J connectivity index is 1.23. The molecule has 1 amide bonds. The molecular weight excluding hydrogens is 636 g/mol. The number of rotatable bonds is 13. The van der Waals surface area contributed by atoms with Crippen molar-refractivity contribution < 1.29 is 41.0 Å². The summed E-state index contributed by atoms with van der Waals surface area (Å²) in [6, 6.07) is 10.4. The van der Waals surface area contributed by atoms with Crippen LogP contribution in [0, 0.1) is 11.8 Å². The van der Waals surface area contributed by atoms with Crippen LogP contribution in [0.25, 0.3) is 11.1 Å². The lowest BCUT2D eigenvalue weighted by molar-refractivity contribution is -0.678. The number of nitrogen functional groups attached to an aromatic ring is 1. The van der Waals surface area contributed by atoms with Crippen molar-refractivity contribution in [2.45, 2.75) is 45.1 Å². The second kappa shape index (κ2) is 13.4. The number of pyridine rings is 1. The Labute approximate surface area is 270 Å². The van der Waals surface area contributed by atoms with Crippen LogP contribution in [0.4, 0.5) is 5.13 Å². The Morgan fingerprint density at radius 2 is 2.04 bits per heavy atom. The average Bonchev–Trinajstić information content (AvgIpc) is 3.44. The van der Waals surface area contributed by atoms with Crippen LogP contribution in [0.15, 0.2) is 47.1 Å². The highest BCUT2D eigenvalue weighted by Gasteiger charge is 2.57. The van der Waals surface area contributed by atoms with E-state index in [4.69, 9.17) is 25.6 Å². The molecule has 46 heavy (non-hydrogen) atoms. The Kier molecular flexibility index (Phi) is 9.74. The van der Waals surface area contributed by atoms with E-state index >= 15 is 0 Å². The van der Waals surface area contributed by atoms with E-state index in [1.165, 1.54) is 19.5 Å². The Morgan fingerprint density at radius 1 is 1.28 bits per heavy atom. The molecule has 0 bridgehead atoms. The number of hydrogen-bond donors (Lipinski definition) is 3. The predicted molar refractivity (Wildman–Crippen MR) is 169 cm³/mol. The SMILES string of the molecule is C[n+]1cc(-c2ccc3c(c2)OCC(CO/N=C(\C(=O)C[C@@H]2C(=O)N(OS(=O)(=O)O)C2(C)C)c2csc(N)n2)C3)ccc1CCCN. The Hall–Kier alpha value is -3.96. The first kappa shape index (κ1) is 33.4. The minimum absolute atomic E-state index is 0.0446. The van der Waals surface area contributed by atoms with Crippen molar-refractivity contribution in [2.24, 2.45) is 29.8 Å². The molecule has 1 fully saturated rings. The number of hydroxylamine groups is 2. The zero-order chi connectivity index (χ0) is 33.2. The first-order valence-electron chi connectivity index (χ1n) is 14.7. The summed E-state index contributed by atoms with van der Waals surface area (Å²) in [5.74, 6) is -1.50. The number of hydrogen-bond acceptors (Lipinski definition) is 12. The number of amides is 1. The number of ketones is 1. The first-order chi connectivity index (χ1) is 21.8. The fourth-order valence-corrected chi connectivity index (χ4v) is 6.57. The monoisotopic (exact) mass is 673 g/mol. The van der Waals surface area contributed by atoms with Crippen molar-refractivity contribution in [2.75, 3.05) is 25.5 Å². The number of thiazole rings is 1. The van der Waals surface area contributed by atoms with Crippen LogP contribution in [0.3, 0.4) is 0 Å². The normalized spacial score (nSPS) is 19.3. The van der Waals surface area contributed by atoms with Crippen LogP contribution in [-0.4, -0.2) is 65.7 Å². The van der Waals surface area contributed by atoms with Crippen molar-refractivity contribution in [3.05, 3.63) is 58.9 Å². The lowest BCUT2D eigenvalue weighted by Gasteiger charge is -2.50. The number of aromatic nitrogens is 2. The molecule has 0 saturated carbocycles. The molecule has 1 unspecified atom stereocenters. The molecule has 246 valence electrons. The van der Waals surface area contributed by atoms with Gasteiger partial charge in [-0.15, -0.1) is 15.6 Å². The third-order valence-electron chi connectivity index (χ3n) is 8.19. The third kappa shape index (κ3) is 7.36. The van der Waals surface area contributed by atoms with Gasteiger partial charge in [-0.05, 0) is 56.5 Å². The molecule has 1 aromatic carbocycles. The van der Waals surface area contributed by atoms with Crippen molar-refractivity contribution in [3.8, 4) is 16.9 Å². The van der Waals surface area contributed by atoms with Crippen LogP contribution in [-0.2, 0) is 49.0 Å². The van der Waals surface area contributed by atoms with Crippen LogP contribution in [0.5, 0.6) is 5.75 Å². The number of ether oxygens (including phenoxy) is 1. The molecule has 5 rings (SSSR count). The molecule has 2 aromatic heterocycles. The van der Waals surface area contributed by atoms with E-state index in [1.807, 2.05) is 19.2 Å². The van der Waals surface area contributed by atoms with E-state index in [9.17, 15) is 18.0 Å². The molecule has 0 radical (unpaired) electrons. The standard InChI is InChI=1S/C30H36N6O8S2/c1-30(2)23(28(38)36(30)44-46(39,40)41)13-25(37)27(24-17-45-29(32)33-24)34-43-16-18-11-20-7-6-19(12-26(20)42-15-18)21-8-9-22(5-4-10-31)35(3)14-21/h6-9,12,14,17-18,23H,4-5,10-11,13,15-16,31H2,1-3H3,(H2-,32,33,39,40,41)/p+1/b34-27-/t18?,23-/m1/s1. The minimum Gasteiger partial charge on any atom is -0.493 e. The second-order valence-corrected chi connectivity index (χ2v) is 13.8. The number of carbonyl (C=O) groups is 2. The fraction of sp³-hybridized carbons (Fsp3) is 0.433. The molecule has 0 spiro atoms. The van der Waals surface area contributed by atoms with Crippen molar-refractivity contribution in [1.82, 2.24) is 10.0 Å². The van der Waals surface area contributed by atoms with Gasteiger partial charge < -0.3 is 21.0 Å². The maximum Gasteiger partial charge on any atom is 0.418 e. The molecule has 2 aliphatic heterocycles. The van der Waals surface area contributed by atoms with E-state index in [0.717, 1.165) is 46.6 Å². The topological polar surface area (TPSA) is 201 Å². The van der Waals surface area contributed by atoms with E-state index in [2.05, 4.69) is 43.4 Å². The smallest absolute Gasteiger partial charge is 0.418 e. The third-order valence-corrected chi connectivity index (χ3v) is 9.20. The van der Waals surface area contributed by atoms with E-state index in [1.54, 1.807) is 5.38 Å². The number of carbonyl (C=O) groups excluding carboxylic acids is 2. The minimum atomic E-state index is -4.92. The zero-order valence-corrected chi connectivity index (χ0v) is 27.3. The van der Waals surface area contributed by atoms with Crippen LogP contribution in [0.1, 0.15) is 43.6 Å². The van der Waals surface area contributed by atoms with Gasteiger partial charge in [0.1, 0.15) is 25.1 Å². The highest BCUT2D eigenvalue weighted by Crippen LogP contribution is 2.41. The van der Waals surface area contributed by atoms with E-state index in [0.29, 0.717) is 24.6 Å². The van der Waals surface area contributed by atoms with E-state index < -0.39 is 33.5 Å². The number of fused-ring (bicyclic) bond motifs is 1. The zero-order valence-electron chi connectivity index (χ0n) is 25.7. The lowest BCUT2D eigenvalue weighted by Crippen LogP contribution is -2.68. The van der Waals surface area contributed by atoms with Gasteiger partial charge in [0, 0.05) is 35.8 Å². The van der Waals surface area contributed by atoms with Crippen molar-refractivity contribution >= 4 is 44.3 Å². The molecule has 0 aliphatic carbocycles. The van der Waals surface area contributed by atoms with Gasteiger partial charge in [-0.3, -0.25) is 14.1 Å². The van der Waals surface area contributed by atoms with Crippen LogP contribution in [0.2, 0.25) is 0 Å². The van der Waals surface area contributed by atoms with Crippen molar-refractivity contribution in [3.63, 3.8) is 0 Å². The number of benzene rings is 1. The number of anilines is 1. The molecule has 2 aliphatic rings. The summed E-state index contributed by atoms with van der Waals surface area (Å²) in [4.78, 5) is 35.8. The molecule has 16 heteroatoms. The summed E-state index contributed by atoms with van der Waals surface area (Å²) < 4.78 is 43.8. The molecule has 14 nitrogen and oxygen atoms in total. The average molecular weight is 674 g/mol. The first-order valence-corrected chi connectivity index (χ1v) is 16.9. The van der Waals surface area contributed by atoms with E-state index in [-0.39, 0.29) is 35.5 Å². The van der Waals surface area contributed by atoms with Gasteiger partial charge >= 0.3 is 10.4 Å². The predicted octanol–water partition coefficient (Wildman–Crippen LogP) is 2.01. The van der Waals surface area contributed by atoms with Gasteiger partial charge in [-0.25, -0.2) is 9.55 Å². The summed E-state index contributed by atoms with van der Waals surface area (Å²) >= 11 is 1.12. The summed E-state index contributed by atoms with van der Waals surface area (Å²) in [6.07, 6.45) is 4.31. The number of nitrogens with zero attached hydrogens (tertiary/aromatic N) is 4. The van der Waals surface area contributed by atoms with Gasteiger partial charge in [-0.1, -0.05) is 17.3 Å². The molecule has 1 saturated heterocycles. The Bertz CT molecular complexity index is 1770. The van der Waals surface area contributed by atoms with Gasteiger partial charge in [0.2, 0.25) is 0 Å². The number of nitrogens with two attached hydrogens (primary N) is 2. The highest BCUT2D eigenvalue weighted by atomic mass is 32.3. The van der Waals surface area contributed by atoms with Crippen molar-refractivity contribution in [1.29, 1.82) is 0 Å². The summed E-state index contributed by atoms with van der Waals surface area (Å²) in [7, 11) is -2.89. The van der Waals surface area contributed by atoms with Gasteiger partial charge in [0.15, 0.2) is 28.5 Å². The number of aryl methyl sites for hydroxylation is 2. The second-order valence-electron chi connectivity index (χ2n) is 11.9. The number of Topliss-reactive ketones (excluding diaryl/α,β-unsaturated/α-hetero) is 1. The number of β-lactam (4-membered cyclic amide) rings is 1. The number of oxime groups is 1. The largest absolute Gasteiger partial charge is 0.493 e. The molecule has 2 atom stereocenters.